The van der Waals surface area contributed by atoms with Gasteiger partial charge in [0.1, 0.15) is 23.0 Å². The first-order valence-corrected chi connectivity index (χ1v) is 15.2. The molecule has 0 saturated heterocycles. The number of methoxy groups -OCH3 is 4. The Morgan fingerprint density at radius 2 is 0.587 bits per heavy atom. The maximum atomic E-state index is 11.0. The van der Waals surface area contributed by atoms with E-state index in [0.717, 1.165) is 22.3 Å². The minimum Gasteiger partial charge on any atom is -0.507 e. The highest BCUT2D eigenvalue weighted by Gasteiger charge is 2.32. The molecule has 0 unspecified atom stereocenters. The van der Waals surface area contributed by atoms with E-state index in [1.807, 2.05) is 76.2 Å². The lowest BCUT2D eigenvalue weighted by molar-refractivity contribution is 0.181. The van der Waals surface area contributed by atoms with Crippen LogP contribution in [0.15, 0.2) is 48.5 Å². The minimum absolute atomic E-state index is 0.175. The zero-order valence-corrected chi connectivity index (χ0v) is 28.0. The number of rotatable bonds is 13. The SMILES string of the molecule is COCc1cc(C(c2cc(C)c(O)c(COC)c2)C(c2cc(C)c(O)c(COC)c2)c2cc(C)c(O)c(COC)c2)cc(C)c1O. The van der Waals surface area contributed by atoms with Crippen molar-refractivity contribution in [3.63, 3.8) is 0 Å². The molecule has 0 saturated carbocycles. The summed E-state index contributed by atoms with van der Waals surface area (Å²) < 4.78 is 21.9. The second-order valence-corrected chi connectivity index (χ2v) is 12.1. The van der Waals surface area contributed by atoms with Crippen molar-refractivity contribution in [1.29, 1.82) is 0 Å². The molecule has 0 atom stereocenters. The average molecular weight is 631 g/mol. The summed E-state index contributed by atoms with van der Waals surface area (Å²) in [5.41, 5.74) is 9.06. The lowest BCUT2D eigenvalue weighted by atomic mass is 9.71. The first-order chi connectivity index (χ1) is 21.9. The maximum Gasteiger partial charge on any atom is 0.124 e. The van der Waals surface area contributed by atoms with Gasteiger partial charge in [-0.25, -0.2) is 0 Å². The first-order valence-electron chi connectivity index (χ1n) is 15.2. The second kappa shape index (κ2) is 15.0. The molecule has 0 amide bonds. The van der Waals surface area contributed by atoms with Crippen molar-refractivity contribution in [3.05, 3.63) is 115 Å². The molecular weight excluding hydrogens is 584 g/mol. The van der Waals surface area contributed by atoms with Crippen LogP contribution in [0.5, 0.6) is 23.0 Å². The summed E-state index contributed by atoms with van der Waals surface area (Å²) in [6.45, 7) is 8.33. The van der Waals surface area contributed by atoms with Crippen LogP contribution in [0.2, 0.25) is 0 Å². The number of hydrogen-bond donors (Lipinski definition) is 4. The van der Waals surface area contributed by atoms with Crippen molar-refractivity contribution in [3.8, 4) is 23.0 Å². The van der Waals surface area contributed by atoms with E-state index >= 15 is 0 Å². The van der Waals surface area contributed by atoms with Crippen LogP contribution in [0.25, 0.3) is 0 Å². The van der Waals surface area contributed by atoms with Gasteiger partial charge in [-0.15, -0.1) is 0 Å². The molecule has 4 aromatic rings. The van der Waals surface area contributed by atoms with Crippen molar-refractivity contribution >= 4 is 0 Å². The van der Waals surface area contributed by atoms with Crippen LogP contribution in [0.1, 0.15) is 78.6 Å². The Labute approximate surface area is 271 Å². The summed E-state index contributed by atoms with van der Waals surface area (Å²) in [5.74, 6) is -0.0451. The number of benzene rings is 4. The fourth-order valence-corrected chi connectivity index (χ4v) is 6.47. The van der Waals surface area contributed by atoms with Gasteiger partial charge in [0.15, 0.2) is 0 Å². The van der Waals surface area contributed by atoms with E-state index in [1.54, 1.807) is 28.4 Å². The molecule has 46 heavy (non-hydrogen) atoms. The van der Waals surface area contributed by atoms with Gasteiger partial charge >= 0.3 is 0 Å². The second-order valence-electron chi connectivity index (χ2n) is 12.1. The molecule has 0 aliphatic heterocycles. The van der Waals surface area contributed by atoms with Crippen molar-refractivity contribution in [2.75, 3.05) is 28.4 Å². The van der Waals surface area contributed by atoms with Crippen LogP contribution in [0, 0.1) is 27.7 Å². The number of aryl methyl sites for hydroxylation is 4. The smallest absolute Gasteiger partial charge is 0.124 e. The van der Waals surface area contributed by atoms with Gasteiger partial charge in [-0.3, -0.25) is 0 Å². The van der Waals surface area contributed by atoms with Gasteiger partial charge < -0.3 is 39.4 Å². The molecule has 4 aromatic carbocycles. The summed E-state index contributed by atoms with van der Waals surface area (Å²) in [4.78, 5) is 0. The van der Waals surface area contributed by atoms with E-state index in [9.17, 15) is 20.4 Å². The normalized spacial score (nSPS) is 11.6. The van der Waals surface area contributed by atoms with E-state index in [-0.39, 0.29) is 61.3 Å². The quantitative estimate of drug-likeness (QED) is 0.122. The van der Waals surface area contributed by atoms with Gasteiger partial charge in [0, 0.05) is 62.5 Å². The summed E-state index contributed by atoms with van der Waals surface area (Å²) in [5, 5.41) is 43.9. The topological polar surface area (TPSA) is 118 Å². The fraction of sp³-hybridized carbons (Fsp3) is 0.368. The molecule has 246 valence electrons. The highest BCUT2D eigenvalue weighted by Crippen LogP contribution is 2.48. The van der Waals surface area contributed by atoms with Gasteiger partial charge in [0.25, 0.3) is 0 Å². The number of phenolic OH excluding ortho intramolecular Hbond substituents is 4. The van der Waals surface area contributed by atoms with Gasteiger partial charge in [-0.2, -0.15) is 0 Å². The predicted octanol–water partition coefficient (Wildman–Crippen LogP) is 7.29. The Morgan fingerprint density at radius 1 is 0.391 bits per heavy atom. The van der Waals surface area contributed by atoms with Gasteiger partial charge in [0.2, 0.25) is 0 Å². The van der Waals surface area contributed by atoms with E-state index < -0.39 is 0 Å². The van der Waals surface area contributed by atoms with E-state index in [4.69, 9.17) is 18.9 Å². The molecule has 4 rings (SSSR count). The molecule has 0 spiro atoms. The van der Waals surface area contributed by atoms with Crippen molar-refractivity contribution < 1.29 is 39.4 Å². The zero-order chi connectivity index (χ0) is 33.7. The number of aromatic hydroxyl groups is 4. The third-order valence-electron chi connectivity index (χ3n) is 8.58. The van der Waals surface area contributed by atoms with E-state index in [2.05, 4.69) is 0 Å². The van der Waals surface area contributed by atoms with Crippen LogP contribution in [0.3, 0.4) is 0 Å². The van der Waals surface area contributed by atoms with Crippen LogP contribution >= 0.6 is 0 Å². The third-order valence-corrected chi connectivity index (χ3v) is 8.58. The first kappa shape index (κ1) is 34.8. The Balaban J connectivity index is 2.18. The van der Waals surface area contributed by atoms with Gasteiger partial charge in [-0.05, 0) is 96.5 Å². The average Bonchev–Trinajstić information content (AvgIpc) is 3.01. The number of phenols is 4. The molecule has 0 aliphatic carbocycles. The summed E-state index contributed by atoms with van der Waals surface area (Å²) >= 11 is 0. The monoisotopic (exact) mass is 630 g/mol. The third kappa shape index (κ3) is 7.16. The van der Waals surface area contributed by atoms with Crippen LogP contribution in [-0.2, 0) is 45.4 Å². The van der Waals surface area contributed by atoms with E-state index in [1.165, 1.54) is 0 Å². The largest absolute Gasteiger partial charge is 0.507 e. The molecular formula is C38H46O8. The summed E-state index contributed by atoms with van der Waals surface area (Å²) in [6.07, 6.45) is 0. The van der Waals surface area contributed by atoms with Crippen molar-refractivity contribution in [2.45, 2.75) is 66.0 Å². The number of hydrogen-bond acceptors (Lipinski definition) is 8. The van der Waals surface area contributed by atoms with Crippen LogP contribution in [-0.4, -0.2) is 48.9 Å². The highest BCUT2D eigenvalue weighted by atomic mass is 16.5. The zero-order valence-electron chi connectivity index (χ0n) is 28.0. The lowest BCUT2D eigenvalue weighted by Crippen LogP contribution is -2.17. The van der Waals surface area contributed by atoms with Gasteiger partial charge in [-0.1, -0.05) is 24.3 Å². The van der Waals surface area contributed by atoms with Gasteiger partial charge in [0.05, 0.1) is 26.4 Å². The molecule has 0 aliphatic rings. The molecule has 8 heteroatoms. The molecule has 8 nitrogen and oxygen atoms in total. The Bertz CT molecular complexity index is 1450. The fourth-order valence-electron chi connectivity index (χ4n) is 6.47. The number of ether oxygens (including phenoxy) is 4. The predicted molar refractivity (Wildman–Crippen MR) is 178 cm³/mol. The van der Waals surface area contributed by atoms with Crippen molar-refractivity contribution in [2.24, 2.45) is 0 Å². The molecule has 0 bridgehead atoms. The molecule has 0 fully saturated rings. The van der Waals surface area contributed by atoms with E-state index in [0.29, 0.717) is 44.5 Å². The highest BCUT2D eigenvalue weighted by molar-refractivity contribution is 5.56. The molecule has 0 aromatic heterocycles. The molecule has 0 heterocycles. The molecule has 0 radical (unpaired) electrons. The Kier molecular flexibility index (Phi) is 11.3. The summed E-state index contributed by atoms with van der Waals surface area (Å²) in [7, 11) is 6.37. The van der Waals surface area contributed by atoms with Crippen LogP contribution in [0.4, 0.5) is 0 Å². The minimum atomic E-state index is -0.372. The Morgan fingerprint density at radius 3 is 0.761 bits per heavy atom. The maximum absolute atomic E-state index is 11.0. The van der Waals surface area contributed by atoms with Crippen molar-refractivity contribution in [1.82, 2.24) is 0 Å². The summed E-state index contributed by atoms with van der Waals surface area (Å²) in [6, 6.07) is 15.8. The van der Waals surface area contributed by atoms with Crippen LogP contribution < -0.4 is 0 Å². The Hall–Kier alpha value is -4.08. The lowest BCUT2D eigenvalue weighted by Gasteiger charge is -2.32. The standard InChI is InChI=1S/C38H46O8/c1-21-9-25(13-29(17-43-5)35(21)39)33(26-10-22(2)36(40)30(14-26)18-44-6)34(27-11-23(3)37(41)31(15-27)19-45-7)28-12-24(4)38(42)32(16-28)20-46-8/h9-16,33-34,39-42H,17-20H2,1-8H3. The molecule has 4 N–H and O–H groups in total.